The predicted molar refractivity (Wildman–Crippen MR) is 107 cm³/mol. The van der Waals surface area contributed by atoms with Crippen LogP contribution in [0.3, 0.4) is 0 Å². The van der Waals surface area contributed by atoms with E-state index >= 15 is 0 Å². The van der Waals surface area contributed by atoms with Crippen LogP contribution in [-0.4, -0.2) is 49.0 Å². The van der Waals surface area contributed by atoms with Crippen LogP contribution < -0.4 is 15.0 Å². The number of ether oxygens (including phenoxy) is 2. The summed E-state index contributed by atoms with van der Waals surface area (Å²) in [6.07, 6.45) is 5.12. The van der Waals surface area contributed by atoms with Gasteiger partial charge in [-0.25, -0.2) is 14.2 Å². The molecule has 0 bridgehead atoms. The predicted octanol–water partition coefficient (Wildman–Crippen LogP) is 3.23. The topological polar surface area (TPSA) is 80.8 Å². The molecular weight excluding hydrogens is 377 g/mol. The molecule has 0 spiro atoms. The SMILES string of the molecule is CCC(CC)(NC(=O)c1ccc(N2CCCC2)c(OCC2CC2)n1)C(=O)OCF. The summed E-state index contributed by atoms with van der Waals surface area (Å²) in [5.41, 5.74) is -0.222. The van der Waals surface area contributed by atoms with Crippen molar-refractivity contribution in [2.75, 3.05) is 31.5 Å². The zero-order valence-electron chi connectivity index (χ0n) is 17.2. The number of nitrogens with one attached hydrogen (secondary N) is 1. The van der Waals surface area contributed by atoms with Gasteiger partial charge in [-0.05, 0) is 56.6 Å². The number of esters is 1. The smallest absolute Gasteiger partial charge is 0.334 e. The molecule has 7 nitrogen and oxygen atoms in total. The number of carbonyl (C=O) groups excluding carboxylic acids is 2. The maximum absolute atomic E-state index is 12.9. The van der Waals surface area contributed by atoms with E-state index in [1.165, 1.54) is 0 Å². The van der Waals surface area contributed by atoms with E-state index in [4.69, 9.17) is 4.74 Å². The maximum atomic E-state index is 12.9. The van der Waals surface area contributed by atoms with E-state index in [1.807, 2.05) is 6.07 Å². The van der Waals surface area contributed by atoms with Gasteiger partial charge in [-0.2, -0.15) is 0 Å². The van der Waals surface area contributed by atoms with Gasteiger partial charge in [0.2, 0.25) is 12.7 Å². The van der Waals surface area contributed by atoms with E-state index < -0.39 is 24.3 Å². The number of nitrogens with zero attached hydrogens (tertiary/aromatic N) is 2. The van der Waals surface area contributed by atoms with Gasteiger partial charge in [0.15, 0.2) is 0 Å². The summed E-state index contributed by atoms with van der Waals surface area (Å²) < 4.78 is 23.0. The summed E-state index contributed by atoms with van der Waals surface area (Å²) >= 11 is 0. The number of anilines is 1. The molecular formula is C21H30FN3O4. The summed E-state index contributed by atoms with van der Waals surface area (Å²) in [5, 5.41) is 2.71. The van der Waals surface area contributed by atoms with Crippen molar-refractivity contribution in [2.24, 2.45) is 5.92 Å². The van der Waals surface area contributed by atoms with Gasteiger partial charge in [-0.15, -0.1) is 0 Å². The molecule has 8 heteroatoms. The average molecular weight is 407 g/mol. The minimum Gasteiger partial charge on any atom is -0.476 e. The van der Waals surface area contributed by atoms with Crippen LogP contribution in [0.5, 0.6) is 5.88 Å². The third kappa shape index (κ3) is 4.97. The number of amides is 1. The number of hydrogen-bond acceptors (Lipinski definition) is 6. The molecule has 3 rings (SSSR count). The van der Waals surface area contributed by atoms with Crippen molar-refractivity contribution in [3.8, 4) is 5.88 Å². The monoisotopic (exact) mass is 407 g/mol. The molecule has 1 aromatic rings. The van der Waals surface area contributed by atoms with Crippen LogP contribution in [0.4, 0.5) is 10.1 Å². The molecule has 1 aliphatic carbocycles. The number of halogens is 1. The number of pyridine rings is 1. The first kappa shape index (κ1) is 21.3. The Morgan fingerprint density at radius 1 is 1.24 bits per heavy atom. The molecule has 29 heavy (non-hydrogen) atoms. The van der Waals surface area contributed by atoms with E-state index in [1.54, 1.807) is 19.9 Å². The molecule has 2 aliphatic rings. The normalized spacial score (nSPS) is 16.6. The highest BCUT2D eigenvalue weighted by Gasteiger charge is 2.39. The van der Waals surface area contributed by atoms with Gasteiger partial charge in [0, 0.05) is 13.1 Å². The molecule has 160 valence electrons. The van der Waals surface area contributed by atoms with Crippen LogP contribution in [0.15, 0.2) is 12.1 Å². The summed E-state index contributed by atoms with van der Waals surface area (Å²) in [7, 11) is 0. The quantitative estimate of drug-likeness (QED) is 0.600. The second kappa shape index (κ2) is 9.41. The number of aromatic nitrogens is 1. The van der Waals surface area contributed by atoms with E-state index in [9.17, 15) is 14.0 Å². The fourth-order valence-electron chi connectivity index (χ4n) is 3.58. The van der Waals surface area contributed by atoms with Gasteiger partial charge in [-0.1, -0.05) is 13.8 Å². The highest BCUT2D eigenvalue weighted by atomic mass is 19.1. The number of carbonyl (C=O) groups is 2. The van der Waals surface area contributed by atoms with E-state index in [-0.39, 0.29) is 18.5 Å². The molecule has 0 aromatic carbocycles. The van der Waals surface area contributed by atoms with Crippen molar-refractivity contribution in [2.45, 2.75) is 57.9 Å². The van der Waals surface area contributed by atoms with Crippen LogP contribution in [0.25, 0.3) is 0 Å². The second-order valence-electron chi connectivity index (χ2n) is 7.75. The van der Waals surface area contributed by atoms with Gasteiger partial charge >= 0.3 is 5.97 Å². The molecule has 1 saturated heterocycles. The summed E-state index contributed by atoms with van der Waals surface area (Å²) in [4.78, 5) is 31.8. The van der Waals surface area contributed by atoms with Crippen LogP contribution in [0.2, 0.25) is 0 Å². The molecule has 1 saturated carbocycles. The van der Waals surface area contributed by atoms with Gasteiger partial charge < -0.3 is 19.7 Å². The van der Waals surface area contributed by atoms with E-state index in [0.717, 1.165) is 44.5 Å². The van der Waals surface area contributed by atoms with Crippen molar-refractivity contribution in [1.29, 1.82) is 0 Å². The lowest BCUT2D eigenvalue weighted by atomic mass is 9.92. The van der Waals surface area contributed by atoms with Crippen molar-refractivity contribution < 1.29 is 23.5 Å². The number of hydrogen-bond donors (Lipinski definition) is 1. The van der Waals surface area contributed by atoms with Crippen LogP contribution in [0.1, 0.15) is 62.9 Å². The van der Waals surface area contributed by atoms with Gasteiger partial charge in [0.05, 0.1) is 12.3 Å². The molecule has 1 aromatic heterocycles. The zero-order chi connectivity index (χ0) is 20.9. The number of rotatable bonds is 10. The molecule has 2 fully saturated rings. The molecule has 0 unspecified atom stereocenters. The number of alkyl halides is 1. The summed E-state index contributed by atoms with van der Waals surface area (Å²) in [6.45, 7) is 4.75. The van der Waals surface area contributed by atoms with Crippen molar-refractivity contribution in [3.05, 3.63) is 17.8 Å². The third-order valence-corrected chi connectivity index (χ3v) is 5.81. The average Bonchev–Trinajstić information content (AvgIpc) is 3.41. The largest absolute Gasteiger partial charge is 0.476 e. The molecule has 0 atom stereocenters. The molecule has 1 amide bonds. The summed E-state index contributed by atoms with van der Waals surface area (Å²) in [5.74, 6) is -0.272. The van der Waals surface area contributed by atoms with Crippen molar-refractivity contribution in [3.63, 3.8) is 0 Å². The molecule has 1 aliphatic heterocycles. The van der Waals surface area contributed by atoms with E-state index in [2.05, 4.69) is 19.9 Å². The first-order valence-electron chi connectivity index (χ1n) is 10.5. The first-order valence-corrected chi connectivity index (χ1v) is 10.5. The lowest BCUT2D eigenvalue weighted by Crippen LogP contribution is -2.54. The van der Waals surface area contributed by atoms with Crippen LogP contribution in [0, 0.1) is 5.92 Å². The van der Waals surface area contributed by atoms with Gasteiger partial charge in [-0.3, -0.25) is 4.79 Å². The Bertz CT molecular complexity index is 729. The van der Waals surface area contributed by atoms with Crippen molar-refractivity contribution in [1.82, 2.24) is 10.3 Å². The Morgan fingerprint density at radius 3 is 2.52 bits per heavy atom. The van der Waals surface area contributed by atoms with Gasteiger partial charge in [0.25, 0.3) is 5.91 Å². The highest BCUT2D eigenvalue weighted by molar-refractivity contribution is 5.97. The van der Waals surface area contributed by atoms with Gasteiger partial charge in [0.1, 0.15) is 11.2 Å². The molecule has 0 radical (unpaired) electrons. The summed E-state index contributed by atoms with van der Waals surface area (Å²) in [6, 6.07) is 3.50. The first-order chi connectivity index (χ1) is 14.0. The molecule has 2 heterocycles. The Labute approximate surface area is 171 Å². The minimum atomic E-state index is -1.28. The molecule has 1 N–H and O–H groups in total. The zero-order valence-corrected chi connectivity index (χ0v) is 17.2. The lowest BCUT2D eigenvalue weighted by molar-refractivity contribution is -0.155. The standard InChI is InChI=1S/C21H30FN3O4/c1-3-21(4-2,20(27)29-14-22)24-18(26)16-9-10-17(25-11-5-6-12-25)19(23-16)28-13-15-7-8-15/h9-10,15H,3-8,11-14H2,1-2H3,(H,24,26). The lowest BCUT2D eigenvalue weighted by Gasteiger charge is -2.29. The highest BCUT2D eigenvalue weighted by Crippen LogP contribution is 2.33. The fourth-order valence-corrected chi connectivity index (χ4v) is 3.58. The third-order valence-electron chi connectivity index (χ3n) is 5.81. The fraction of sp³-hybridized carbons (Fsp3) is 0.667. The van der Waals surface area contributed by atoms with Crippen molar-refractivity contribution >= 4 is 17.6 Å². The minimum absolute atomic E-state index is 0.165. The Kier molecular flexibility index (Phi) is 6.92. The second-order valence-corrected chi connectivity index (χ2v) is 7.75. The Hall–Kier alpha value is -2.38. The maximum Gasteiger partial charge on any atom is 0.334 e. The van der Waals surface area contributed by atoms with Crippen LogP contribution >= 0.6 is 0 Å². The van der Waals surface area contributed by atoms with E-state index in [0.29, 0.717) is 18.4 Å². The van der Waals surface area contributed by atoms with Crippen LogP contribution in [-0.2, 0) is 9.53 Å². The Morgan fingerprint density at radius 2 is 1.93 bits per heavy atom. The Balaban J connectivity index is 1.81.